The standard InChI is InChI=1S/C13H16N2/c1-2-6-12(13-9-14-10-15-13)11-7-4-3-5-8-11/h3-5,7-10,12H,2,6H2,1H3,(H,14,15). The molecule has 1 unspecified atom stereocenters. The Hall–Kier alpha value is -1.57. The van der Waals surface area contributed by atoms with Crippen LogP contribution in [0.15, 0.2) is 42.9 Å². The normalized spacial score (nSPS) is 12.6. The van der Waals surface area contributed by atoms with Gasteiger partial charge in [0.1, 0.15) is 0 Å². The van der Waals surface area contributed by atoms with Gasteiger partial charge in [-0.1, -0.05) is 43.7 Å². The summed E-state index contributed by atoms with van der Waals surface area (Å²) in [6.45, 7) is 2.21. The second-order valence-corrected chi connectivity index (χ2v) is 3.75. The maximum Gasteiger partial charge on any atom is 0.0923 e. The minimum atomic E-state index is 0.433. The molecule has 1 aromatic carbocycles. The second-order valence-electron chi connectivity index (χ2n) is 3.75. The van der Waals surface area contributed by atoms with Crippen molar-refractivity contribution in [3.05, 3.63) is 54.1 Å². The van der Waals surface area contributed by atoms with E-state index in [0.29, 0.717) is 5.92 Å². The van der Waals surface area contributed by atoms with Crippen LogP contribution in [0.5, 0.6) is 0 Å². The van der Waals surface area contributed by atoms with Crippen LogP contribution in [0.25, 0.3) is 0 Å². The van der Waals surface area contributed by atoms with Gasteiger partial charge in [0.2, 0.25) is 0 Å². The van der Waals surface area contributed by atoms with Gasteiger partial charge in [0.05, 0.1) is 12.0 Å². The number of benzene rings is 1. The Labute approximate surface area is 90.4 Å². The largest absolute Gasteiger partial charge is 0.351 e. The lowest BCUT2D eigenvalue weighted by atomic mass is 9.92. The topological polar surface area (TPSA) is 28.7 Å². The summed E-state index contributed by atoms with van der Waals surface area (Å²) in [4.78, 5) is 7.38. The van der Waals surface area contributed by atoms with E-state index in [0.717, 1.165) is 12.1 Å². The zero-order valence-corrected chi connectivity index (χ0v) is 8.98. The van der Waals surface area contributed by atoms with Gasteiger partial charge in [-0.15, -0.1) is 0 Å². The number of nitrogens with zero attached hydrogens (tertiary/aromatic N) is 1. The molecule has 2 rings (SSSR count). The quantitative estimate of drug-likeness (QED) is 0.805. The Bertz CT molecular complexity index is 378. The lowest BCUT2D eigenvalue weighted by molar-refractivity contribution is 0.684. The molecule has 0 amide bonds. The lowest BCUT2D eigenvalue weighted by Crippen LogP contribution is -2.00. The zero-order chi connectivity index (χ0) is 10.5. The molecule has 0 fully saturated rings. The summed E-state index contributed by atoms with van der Waals surface area (Å²) in [6.07, 6.45) is 6.07. The molecule has 2 nitrogen and oxygen atoms in total. The Morgan fingerprint density at radius 1 is 1.27 bits per heavy atom. The molecule has 1 aromatic heterocycles. The van der Waals surface area contributed by atoms with Crippen LogP contribution >= 0.6 is 0 Å². The molecule has 0 bridgehead atoms. The van der Waals surface area contributed by atoms with Gasteiger partial charge in [0.15, 0.2) is 0 Å². The van der Waals surface area contributed by atoms with E-state index in [1.807, 2.05) is 6.20 Å². The van der Waals surface area contributed by atoms with Gasteiger partial charge in [-0.2, -0.15) is 0 Å². The number of hydrogen-bond acceptors (Lipinski definition) is 1. The van der Waals surface area contributed by atoms with E-state index in [4.69, 9.17) is 0 Å². The van der Waals surface area contributed by atoms with E-state index in [1.54, 1.807) is 6.33 Å². The van der Waals surface area contributed by atoms with Gasteiger partial charge in [0, 0.05) is 12.1 Å². The van der Waals surface area contributed by atoms with E-state index in [2.05, 4.69) is 47.2 Å². The van der Waals surface area contributed by atoms with Gasteiger partial charge in [-0.05, 0) is 12.0 Å². The summed E-state index contributed by atoms with van der Waals surface area (Å²) in [5.74, 6) is 0.433. The molecule has 1 atom stereocenters. The predicted molar refractivity (Wildman–Crippen MR) is 61.8 cm³/mol. The highest BCUT2D eigenvalue weighted by Crippen LogP contribution is 2.26. The van der Waals surface area contributed by atoms with Crippen molar-refractivity contribution in [1.82, 2.24) is 9.97 Å². The van der Waals surface area contributed by atoms with Crippen LogP contribution in [0.4, 0.5) is 0 Å². The highest BCUT2D eigenvalue weighted by Gasteiger charge is 2.14. The highest BCUT2D eigenvalue weighted by molar-refractivity contribution is 5.27. The molecular formula is C13H16N2. The molecule has 1 N–H and O–H groups in total. The van der Waals surface area contributed by atoms with E-state index >= 15 is 0 Å². The van der Waals surface area contributed by atoms with Crippen molar-refractivity contribution in [2.45, 2.75) is 25.7 Å². The van der Waals surface area contributed by atoms with Gasteiger partial charge in [-0.25, -0.2) is 4.98 Å². The van der Waals surface area contributed by atoms with Crippen LogP contribution < -0.4 is 0 Å². The van der Waals surface area contributed by atoms with E-state index in [1.165, 1.54) is 12.0 Å². The summed E-state index contributed by atoms with van der Waals surface area (Å²) < 4.78 is 0. The second kappa shape index (κ2) is 4.78. The first-order valence-corrected chi connectivity index (χ1v) is 5.45. The molecule has 0 aliphatic heterocycles. The number of imidazole rings is 1. The predicted octanol–water partition coefficient (Wildman–Crippen LogP) is 3.34. The maximum atomic E-state index is 4.36. The maximum absolute atomic E-state index is 4.36. The van der Waals surface area contributed by atoms with Gasteiger partial charge in [-0.3, -0.25) is 0 Å². The van der Waals surface area contributed by atoms with Crippen LogP contribution in [0.3, 0.4) is 0 Å². The number of H-pyrrole nitrogens is 1. The monoisotopic (exact) mass is 200 g/mol. The third-order valence-electron chi connectivity index (χ3n) is 2.66. The fourth-order valence-electron chi connectivity index (χ4n) is 1.92. The average Bonchev–Trinajstić information content (AvgIpc) is 2.80. The zero-order valence-electron chi connectivity index (χ0n) is 8.98. The number of aromatic amines is 1. The number of hydrogen-bond donors (Lipinski definition) is 1. The minimum absolute atomic E-state index is 0.433. The summed E-state index contributed by atoms with van der Waals surface area (Å²) in [5.41, 5.74) is 2.49. The Balaban J connectivity index is 2.28. The number of aromatic nitrogens is 2. The summed E-state index contributed by atoms with van der Waals surface area (Å²) in [5, 5.41) is 0. The van der Waals surface area contributed by atoms with Gasteiger partial charge >= 0.3 is 0 Å². The van der Waals surface area contributed by atoms with Crippen molar-refractivity contribution in [3.8, 4) is 0 Å². The Morgan fingerprint density at radius 2 is 2.07 bits per heavy atom. The molecule has 0 saturated heterocycles. The third kappa shape index (κ3) is 2.27. The molecule has 0 aliphatic rings. The van der Waals surface area contributed by atoms with Crippen molar-refractivity contribution in [1.29, 1.82) is 0 Å². The van der Waals surface area contributed by atoms with Crippen LogP contribution in [0.2, 0.25) is 0 Å². The summed E-state index contributed by atoms with van der Waals surface area (Å²) >= 11 is 0. The molecular weight excluding hydrogens is 184 g/mol. The SMILES string of the molecule is CCCC(c1ccccc1)c1c[nH]cn1. The first-order valence-electron chi connectivity index (χ1n) is 5.45. The number of rotatable bonds is 4. The smallest absolute Gasteiger partial charge is 0.0923 e. The molecule has 0 radical (unpaired) electrons. The third-order valence-corrected chi connectivity index (χ3v) is 2.66. The van der Waals surface area contributed by atoms with Crippen molar-refractivity contribution < 1.29 is 0 Å². The van der Waals surface area contributed by atoms with Crippen LogP contribution in [0.1, 0.15) is 36.9 Å². The molecule has 0 spiro atoms. The molecule has 2 heteroatoms. The average molecular weight is 200 g/mol. The minimum Gasteiger partial charge on any atom is -0.351 e. The van der Waals surface area contributed by atoms with Gasteiger partial charge in [0.25, 0.3) is 0 Å². The lowest BCUT2D eigenvalue weighted by Gasteiger charge is -2.13. The van der Waals surface area contributed by atoms with Gasteiger partial charge < -0.3 is 4.98 Å². The van der Waals surface area contributed by atoms with E-state index < -0.39 is 0 Å². The molecule has 78 valence electrons. The van der Waals surface area contributed by atoms with Crippen molar-refractivity contribution in [3.63, 3.8) is 0 Å². The number of nitrogens with one attached hydrogen (secondary N) is 1. The fraction of sp³-hybridized carbons (Fsp3) is 0.308. The molecule has 0 saturated carbocycles. The van der Waals surface area contributed by atoms with Crippen LogP contribution in [-0.4, -0.2) is 9.97 Å². The van der Waals surface area contributed by atoms with Crippen LogP contribution in [-0.2, 0) is 0 Å². The first kappa shape index (κ1) is 9.97. The van der Waals surface area contributed by atoms with E-state index in [9.17, 15) is 0 Å². The first-order chi connectivity index (χ1) is 7.42. The Morgan fingerprint density at radius 3 is 2.67 bits per heavy atom. The van der Waals surface area contributed by atoms with E-state index in [-0.39, 0.29) is 0 Å². The molecule has 0 aliphatic carbocycles. The van der Waals surface area contributed by atoms with Crippen molar-refractivity contribution in [2.24, 2.45) is 0 Å². The van der Waals surface area contributed by atoms with Crippen molar-refractivity contribution >= 4 is 0 Å². The summed E-state index contributed by atoms with van der Waals surface area (Å²) in [6, 6.07) is 10.6. The van der Waals surface area contributed by atoms with Crippen LogP contribution in [0, 0.1) is 0 Å². The fourth-order valence-corrected chi connectivity index (χ4v) is 1.92. The molecule has 2 aromatic rings. The molecule has 15 heavy (non-hydrogen) atoms. The highest BCUT2D eigenvalue weighted by atomic mass is 14.9. The van der Waals surface area contributed by atoms with Crippen molar-refractivity contribution in [2.75, 3.05) is 0 Å². The molecule has 1 heterocycles. The summed E-state index contributed by atoms with van der Waals surface area (Å²) in [7, 11) is 0. The Kier molecular flexibility index (Phi) is 3.18.